The maximum Gasteiger partial charge on any atom is 0.258 e. The fourth-order valence-corrected chi connectivity index (χ4v) is 5.08. The van der Waals surface area contributed by atoms with Gasteiger partial charge in [0.1, 0.15) is 0 Å². The maximum absolute atomic E-state index is 13.4. The van der Waals surface area contributed by atoms with Crippen LogP contribution in [0.4, 0.5) is 0 Å². The molecule has 0 radical (unpaired) electrons. The van der Waals surface area contributed by atoms with E-state index in [1.165, 1.54) is 6.42 Å². The topological polar surface area (TPSA) is 115 Å². The van der Waals surface area contributed by atoms with Crippen LogP contribution >= 0.6 is 0 Å². The Hall–Kier alpha value is -3.07. The SMILES string of the molecule is CC[C@H](NC(=O)[C@@H](CC(=O)N1CCOCC1)CC1CCCCC1)C(=O)c1noc(-c2ccccc2)n1. The third-order valence-electron chi connectivity index (χ3n) is 7.21. The normalized spacial score (nSPS) is 18.4. The third kappa shape index (κ3) is 6.78. The summed E-state index contributed by atoms with van der Waals surface area (Å²) in [6.07, 6.45) is 6.89. The van der Waals surface area contributed by atoms with Crippen molar-refractivity contribution in [1.29, 1.82) is 0 Å². The van der Waals surface area contributed by atoms with Crippen LogP contribution in [0.3, 0.4) is 0 Å². The minimum atomic E-state index is -0.786. The van der Waals surface area contributed by atoms with Crippen molar-refractivity contribution in [2.45, 2.75) is 64.3 Å². The first kappa shape index (κ1) is 26.0. The van der Waals surface area contributed by atoms with E-state index in [2.05, 4.69) is 15.5 Å². The van der Waals surface area contributed by atoms with Crippen LogP contribution in [0.15, 0.2) is 34.9 Å². The molecule has 0 spiro atoms. The molecule has 1 N–H and O–H groups in total. The van der Waals surface area contributed by atoms with E-state index >= 15 is 0 Å². The van der Waals surface area contributed by atoms with Gasteiger partial charge in [-0.25, -0.2) is 0 Å². The zero-order chi connectivity index (χ0) is 25.3. The number of hydrogen-bond donors (Lipinski definition) is 1. The van der Waals surface area contributed by atoms with Crippen LogP contribution < -0.4 is 5.32 Å². The van der Waals surface area contributed by atoms with E-state index in [-0.39, 0.29) is 30.0 Å². The summed E-state index contributed by atoms with van der Waals surface area (Å²) in [7, 11) is 0. The molecule has 4 rings (SSSR count). The number of aromatic nitrogens is 2. The standard InChI is InChI=1S/C27H36N4O5/c1-2-22(24(33)25-29-27(36-30-25)20-11-7-4-8-12-20)28-26(34)21(17-19-9-5-3-6-10-19)18-23(32)31-13-15-35-16-14-31/h4,7-8,11-12,19,21-22H,2-3,5-6,9-10,13-18H2,1H3,(H,28,34)/t21-,22+/m1/s1. The number of amides is 2. The van der Waals surface area contributed by atoms with Gasteiger partial charge < -0.3 is 19.5 Å². The molecule has 194 valence electrons. The fourth-order valence-electron chi connectivity index (χ4n) is 5.08. The quantitative estimate of drug-likeness (QED) is 0.499. The number of carbonyl (C=O) groups is 3. The number of rotatable bonds is 10. The van der Waals surface area contributed by atoms with Crippen LogP contribution in [0.5, 0.6) is 0 Å². The molecule has 1 aliphatic heterocycles. The first-order valence-corrected chi connectivity index (χ1v) is 13.1. The Morgan fingerprint density at radius 1 is 1.08 bits per heavy atom. The summed E-state index contributed by atoms with van der Waals surface area (Å²) in [6.45, 7) is 3.97. The van der Waals surface area contributed by atoms with Gasteiger partial charge in [-0.2, -0.15) is 4.98 Å². The summed E-state index contributed by atoms with van der Waals surface area (Å²) in [6, 6.07) is 8.43. The number of Topliss-reactive ketones (excluding diaryl/α,β-unsaturated/α-hetero) is 1. The molecule has 2 aliphatic rings. The molecule has 9 nitrogen and oxygen atoms in total. The number of morpholine rings is 1. The van der Waals surface area contributed by atoms with E-state index in [1.54, 1.807) is 4.90 Å². The van der Waals surface area contributed by atoms with Gasteiger partial charge in [0.25, 0.3) is 5.89 Å². The number of nitrogens with one attached hydrogen (secondary N) is 1. The molecule has 1 aromatic heterocycles. The predicted molar refractivity (Wildman–Crippen MR) is 133 cm³/mol. The van der Waals surface area contributed by atoms with Gasteiger partial charge >= 0.3 is 0 Å². The van der Waals surface area contributed by atoms with E-state index in [1.807, 2.05) is 37.3 Å². The second kappa shape index (κ2) is 12.8. The molecule has 0 unspecified atom stereocenters. The van der Waals surface area contributed by atoms with Crippen molar-refractivity contribution in [1.82, 2.24) is 20.4 Å². The fraction of sp³-hybridized carbons (Fsp3) is 0.593. The van der Waals surface area contributed by atoms with Gasteiger partial charge in [-0.1, -0.05) is 62.4 Å². The molecule has 1 aliphatic carbocycles. The van der Waals surface area contributed by atoms with Crippen LogP contribution in [0.2, 0.25) is 0 Å². The molecule has 2 amide bonds. The van der Waals surface area contributed by atoms with Crippen molar-refractivity contribution >= 4 is 17.6 Å². The Bertz CT molecular complexity index is 1010. The number of benzene rings is 1. The first-order chi connectivity index (χ1) is 17.5. The zero-order valence-corrected chi connectivity index (χ0v) is 21.0. The summed E-state index contributed by atoms with van der Waals surface area (Å²) in [5.74, 6) is -0.536. The lowest BCUT2D eigenvalue weighted by atomic mass is 9.81. The van der Waals surface area contributed by atoms with Gasteiger partial charge in [0.2, 0.25) is 23.4 Å². The highest BCUT2D eigenvalue weighted by atomic mass is 16.5. The van der Waals surface area contributed by atoms with Crippen LogP contribution in [0, 0.1) is 11.8 Å². The smallest absolute Gasteiger partial charge is 0.258 e. The number of nitrogens with zero attached hydrogens (tertiary/aromatic N) is 3. The highest BCUT2D eigenvalue weighted by Gasteiger charge is 2.32. The number of hydrogen-bond acceptors (Lipinski definition) is 7. The number of carbonyl (C=O) groups excluding carboxylic acids is 3. The summed E-state index contributed by atoms with van der Waals surface area (Å²) < 4.78 is 10.6. The van der Waals surface area contributed by atoms with Gasteiger partial charge in [-0.15, -0.1) is 0 Å². The molecule has 1 saturated carbocycles. The minimum absolute atomic E-state index is 0.0284. The Labute approximate surface area is 212 Å². The van der Waals surface area contributed by atoms with Gasteiger partial charge in [0.05, 0.1) is 19.3 Å². The molecule has 2 atom stereocenters. The van der Waals surface area contributed by atoms with E-state index in [0.717, 1.165) is 31.2 Å². The van der Waals surface area contributed by atoms with Crippen LogP contribution in [-0.2, 0) is 14.3 Å². The monoisotopic (exact) mass is 496 g/mol. The number of ether oxygens (including phenoxy) is 1. The Balaban J connectivity index is 1.43. The minimum Gasteiger partial charge on any atom is -0.378 e. The lowest BCUT2D eigenvalue weighted by Crippen LogP contribution is -2.46. The lowest BCUT2D eigenvalue weighted by molar-refractivity contribution is -0.140. The third-order valence-corrected chi connectivity index (χ3v) is 7.21. The second-order valence-electron chi connectivity index (χ2n) is 9.76. The molecule has 9 heteroatoms. The number of ketones is 1. The highest BCUT2D eigenvalue weighted by molar-refractivity contribution is 5.99. The van der Waals surface area contributed by atoms with E-state index in [0.29, 0.717) is 45.1 Å². The van der Waals surface area contributed by atoms with Gasteiger partial charge in [0, 0.05) is 31.0 Å². The van der Waals surface area contributed by atoms with Crippen molar-refractivity contribution < 1.29 is 23.6 Å². The molecule has 36 heavy (non-hydrogen) atoms. The molecule has 0 bridgehead atoms. The Morgan fingerprint density at radius 2 is 1.81 bits per heavy atom. The van der Waals surface area contributed by atoms with E-state index in [4.69, 9.17) is 9.26 Å². The van der Waals surface area contributed by atoms with E-state index < -0.39 is 17.7 Å². The Morgan fingerprint density at radius 3 is 2.50 bits per heavy atom. The lowest BCUT2D eigenvalue weighted by Gasteiger charge is -2.30. The summed E-state index contributed by atoms with van der Waals surface area (Å²) >= 11 is 0. The van der Waals surface area contributed by atoms with E-state index in [9.17, 15) is 14.4 Å². The molecular weight excluding hydrogens is 460 g/mol. The average Bonchev–Trinajstić information content (AvgIpc) is 3.43. The molecule has 1 aromatic carbocycles. The predicted octanol–water partition coefficient (Wildman–Crippen LogP) is 3.65. The summed E-state index contributed by atoms with van der Waals surface area (Å²) in [5.41, 5.74) is 0.718. The first-order valence-electron chi connectivity index (χ1n) is 13.1. The van der Waals surface area contributed by atoms with Crippen molar-refractivity contribution in [2.24, 2.45) is 11.8 Å². The Kier molecular flexibility index (Phi) is 9.22. The van der Waals surface area contributed by atoms with Gasteiger partial charge in [0.15, 0.2) is 0 Å². The van der Waals surface area contributed by atoms with Crippen molar-refractivity contribution in [3.63, 3.8) is 0 Å². The zero-order valence-electron chi connectivity index (χ0n) is 21.0. The van der Waals surface area contributed by atoms with Crippen molar-refractivity contribution in [3.05, 3.63) is 36.2 Å². The largest absolute Gasteiger partial charge is 0.378 e. The molecule has 1 saturated heterocycles. The van der Waals surface area contributed by atoms with Gasteiger partial charge in [-0.05, 0) is 30.9 Å². The maximum atomic E-state index is 13.4. The molecule has 2 aromatic rings. The molecule has 2 fully saturated rings. The van der Waals surface area contributed by atoms with Crippen molar-refractivity contribution in [3.8, 4) is 11.5 Å². The molecular formula is C27H36N4O5. The van der Waals surface area contributed by atoms with Crippen molar-refractivity contribution in [2.75, 3.05) is 26.3 Å². The van der Waals surface area contributed by atoms with Crippen LogP contribution in [0.25, 0.3) is 11.5 Å². The average molecular weight is 497 g/mol. The molecule has 2 heterocycles. The van der Waals surface area contributed by atoms with Crippen LogP contribution in [0.1, 0.15) is 68.9 Å². The summed E-state index contributed by atoms with van der Waals surface area (Å²) in [5, 5.41) is 6.76. The highest BCUT2D eigenvalue weighted by Crippen LogP contribution is 2.31. The summed E-state index contributed by atoms with van der Waals surface area (Å²) in [4.78, 5) is 45.6. The van der Waals surface area contributed by atoms with Crippen LogP contribution in [-0.4, -0.2) is 65.0 Å². The van der Waals surface area contributed by atoms with Gasteiger partial charge in [-0.3, -0.25) is 14.4 Å². The second-order valence-corrected chi connectivity index (χ2v) is 9.76.